The quantitative estimate of drug-likeness (QED) is 0.0222. The first-order valence-electron chi connectivity index (χ1n) is 39.3. The van der Waals surface area contributed by atoms with Crippen LogP contribution in [0.1, 0.15) is 400 Å². The summed E-state index contributed by atoms with van der Waals surface area (Å²) in [7, 11) is -9.90. The van der Waals surface area contributed by atoms with Crippen LogP contribution in [-0.2, 0) is 65.4 Å². The number of aliphatic hydroxyl groups excluding tert-OH is 1. The molecule has 2 unspecified atom stereocenters. The molecule has 0 saturated heterocycles. The molecular weight excluding hydrogens is 1230 g/mol. The van der Waals surface area contributed by atoms with Crippen LogP contribution in [0, 0.1) is 0 Å². The lowest BCUT2D eigenvalue weighted by Gasteiger charge is -2.21. The average Bonchev–Trinajstić information content (AvgIpc) is 3.25. The molecule has 0 rings (SSSR count). The Morgan fingerprint density at radius 2 is 0.426 bits per heavy atom. The number of carbonyl (C=O) groups is 4. The maximum atomic E-state index is 13.1. The predicted octanol–water partition coefficient (Wildman–Crippen LogP) is 22.2. The van der Waals surface area contributed by atoms with Gasteiger partial charge in [0.05, 0.1) is 26.4 Å². The highest BCUT2D eigenvalue weighted by Gasteiger charge is 2.30. The van der Waals surface area contributed by atoms with Crippen molar-refractivity contribution in [1.82, 2.24) is 0 Å². The normalized spacial score (nSPS) is 13.9. The minimum absolute atomic E-state index is 0.107. The summed E-state index contributed by atoms with van der Waals surface area (Å²) in [6.07, 6.45) is 59.9. The molecular formula is C75H146O17P2. The summed E-state index contributed by atoms with van der Waals surface area (Å²) in [4.78, 5) is 72.6. The number of rotatable bonds is 76. The van der Waals surface area contributed by atoms with E-state index in [0.29, 0.717) is 25.7 Å². The fraction of sp³-hybridized carbons (Fsp3) is 0.947. The smallest absolute Gasteiger partial charge is 0.462 e. The number of phosphoric acid groups is 2. The number of unbranched alkanes of at least 4 members (excludes halogenated alkanes) is 50. The zero-order valence-corrected chi connectivity index (χ0v) is 62.7. The average molecular weight is 1380 g/mol. The molecule has 0 aliphatic heterocycles. The van der Waals surface area contributed by atoms with E-state index in [0.717, 1.165) is 103 Å². The largest absolute Gasteiger partial charge is 0.472 e. The minimum atomic E-state index is -4.95. The van der Waals surface area contributed by atoms with Gasteiger partial charge in [0.15, 0.2) is 12.2 Å². The summed E-state index contributed by atoms with van der Waals surface area (Å²) >= 11 is 0. The van der Waals surface area contributed by atoms with Gasteiger partial charge >= 0.3 is 39.5 Å². The lowest BCUT2D eigenvalue weighted by atomic mass is 10.0. The van der Waals surface area contributed by atoms with Gasteiger partial charge in [-0.05, 0) is 25.7 Å². The molecule has 0 aromatic carbocycles. The molecule has 3 N–H and O–H groups in total. The standard InChI is InChI=1S/C75H146O17P2/c1-5-9-13-17-21-24-27-30-31-32-33-34-35-36-37-38-40-43-46-50-54-58-62-75(80)92-71(66-86-73(78)60-56-52-48-44-42-39-28-25-22-18-14-10-6-2)68-90-94(83,84)88-64-69(76)63-87-93(81,82)89-67-70(65-85-72(77)59-55-51-47-20-16-12-8-4)91-74(79)61-57-53-49-45-41-29-26-23-19-15-11-7-3/h69-71,76H,5-68H2,1-4H3,(H,81,82)(H,83,84)/t69-,70+,71+/m0/s1. The highest BCUT2D eigenvalue weighted by molar-refractivity contribution is 7.47. The fourth-order valence-corrected chi connectivity index (χ4v) is 13.2. The molecule has 0 spiro atoms. The molecule has 0 fully saturated rings. The van der Waals surface area contributed by atoms with Crippen LogP contribution >= 0.6 is 15.6 Å². The van der Waals surface area contributed by atoms with Crippen molar-refractivity contribution in [2.75, 3.05) is 39.6 Å². The van der Waals surface area contributed by atoms with Gasteiger partial charge < -0.3 is 33.8 Å². The van der Waals surface area contributed by atoms with E-state index in [4.69, 9.17) is 37.0 Å². The Balaban J connectivity index is 5.13. The Morgan fingerprint density at radius 3 is 0.628 bits per heavy atom. The van der Waals surface area contributed by atoms with Crippen LogP contribution in [0.15, 0.2) is 0 Å². The van der Waals surface area contributed by atoms with Gasteiger partial charge in [-0.1, -0.05) is 349 Å². The van der Waals surface area contributed by atoms with Crippen LogP contribution in [-0.4, -0.2) is 96.7 Å². The number of phosphoric ester groups is 2. The summed E-state index contributed by atoms with van der Waals surface area (Å²) in [6, 6.07) is 0. The number of aliphatic hydroxyl groups is 1. The summed E-state index contributed by atoms with van der Waals surface area (Å²) < 4.78 is 68.3. The van der Waals surface area contributed by atoms with Gasteiger partial charge in [-0.25, -0.2) is 9.13 Å². The maximum Gasteiger partial charge on any atom is 0.472 e. The highest BCUT2D eigenvalue weighted by Crippen LogP contribution is 2.45. The summed E-state index contributed by atoms with van der Waals surface area (Å²) in [5, 5.41) is 10.6. The molecule has 0 aliphatic carbocycles. The van der Waals surface area contributed by atoms with E-state index in [1.54, 1.807) is 0 Å². The molecule has 0 aromatic heterocycles. The maximum absolute atomic E-state index is 13.1. The second-order valence-electron chi connectivity index (χ2n) is 27.0. The van der Waals surface area contributed by atoms with Gasteiger partial charge in [-0.3, -0.25) is 37.3 Å². The molecule has 0 amide bonds. The fourth-order valence-electron chi connectivity index (χ4n) is 11.6. The zero-order valence-electron chi connectivity index (χ0n) is 60.9. The van der Waals surface area contributed by atoms with E-state index in [1.807, 2.05) is 0 Å². The van der Waals surface area contributed by atoms with Crippen molar-refractivity contribution in [3.63, 3.8) is 0 Å². The number of ether oxygens (including phenoxy) is 4. The van der Waals surface area contributed by atoms with E-state index in [-0.39, 0.29) is 25.7 Å². The van der Waals surface area contributed by atoms with Crippen molar-refractivity contribution in [2.45, 2.75) is 418 Å². The highest BCUT2D eigenvalue weighted by atomic mass is 31.2. The second-order valence-corrected chi connectivity index (χ2v) is 29.9. The van der Waals surface area contributed by atoms with Crippen molar-refractivity contribution in [3.05, 3.63) is 0 Å². The molecule has 0 aromatic rings. The van der Waals surface area contributed by atoms with Crippen molar-refractivity contribution in [1.29, 1.82) is 0 Å². The number of hydrogen-bond donors (Lipinski definition) is 3. The molecule has 0 radical (unpaired) electrons. The van der Waals surface area contributed by atoms with Crippen molar-refractivity contribution < 1.29 is 80.2 Å². The molecule has 5 atom stereocenters. The SMILES string of the molecule is CCCCCCCCCCCCCCCCCCCCCCCCC(=O)O[C@H](COC(=O)CCCCCCCCCCCCCCC)COP(=O)(O)OC[C@@H](O)COP(=O)(O)OC[C@@H](COC(=O)CCCCCCCCC)OC(=O)CCCCCCCCCCCCCC. The zero-order chi connectivity index (χ0) is 69.0. The Labute approximate surface area is 575 Å². The molecule has 558 valence electrons. The number of esters is 4. The molecule has 19 heteroatoms. The number of carbonyl (C=O) groups excluding carboxylic acids is 4. The van der Waals surface area contributed by atoms with Gasteiger partial charge in [-0.15, -0.1) is 0 Å². The summed E-state index contributed by atoms with van der Waals surface area (Å²) in [6.45, 7) is 4.93. The second kappa shape index (κ2) is 69.5. The van der Waals surface area contributed by atoms with Crippen LogP contribution in [0.2, 0.25) is 0 Å². The number of hydrogen-bond acceptors (Lipinski definition) is 15. The predicted molar refractivity (Wildman–Crippen MR) is 382 cm³/mol. The Kier molecular flexibility index (Phi) is 68.1. The molecule has 0 aliphatic rings. The third-order valence-corrected chi connectivity index (χ3v) is 19.5. The van der Waals surface area contributed by atoms with E-state index in [9.17, 15) is 43.2 Å². The Hall–Kier alpha value is -1.94. The van der Waals surface area contributed by atoms with Gasteiger partial charge in [0, 0.05) is 25.7 Å². The lowest BCUT2D eigenvalue weighted by molar-refractivity contribution is -0.161. The van der Waals surface area contributed by atoms with Gasteiger partial charge in [0.25, 0.3) is 0 Å². The van der Waals surface area contributed by atoms with Gasteiger partial charge in [-0.2, -0.15) is 0 Å². The first-order valence-corrected chi connectivity index (χ1v) is 42.3. The van der Waals surface area contributed by atoms with Crippen molar-refractivity contribution >= 4 is 39.5 Å². The van der Waals surface area contributed by atoms with Crippen LogP contribution in [0.4, 0.5) is 0 Å². The van der Waals surface area contributed by atoms with Crippen LogP contribution in [0.5, 0.6) is 0 Å². The van der Waals surface area contributed by atoms with E-state index >= 15 is 0 Å². The lowest BCUT2D eigenvalue weighted by Crippen LogP contribution is -2.30. The Bertz CT molecular complexity index is 1790. The minimum Gasteiger partial charge on any atom is -0.462 e. The molecule has 0 saturated carbocycles. The van der Waals surface area contributed by atoms with Crippen molar-refractivity contribution in [2.24, 2.45) is 0 Å². The molecule has 94 heavy (non-hydrogen) atoms. The van der Waals surface area contributed by atoms with Gasteiger partial charge in [0.2, 0.25) is 0 Å². The Morgan fingerprint density at radius 1 is 0.255 bits per heavy atom. The molecule has 17 nitrogen and oxygen atoms in total. The van der Waals surface area contributed by atoms with Crippen LogP contribution in [0.25, 0.3) is 0 Å². The summed E-state index contributed by atoms with van der Waals surface area (Å²) in [5.41, 5.74) is 0. The first-order chi connectivity index (χ1) is 45.7. The van der Waals surface area contributed by atoms with Crippen LogP contribution in [0.3, 0.4) is 0 Å². The first kappa shape index (κ1) is 92.1. The molecule has 0 bridgehead atoms. The van der Waals surface area contributed by atoms with E-state index < -0.39 is 97.5 Å². The third-order valence-electron chi connectivity index (χ3n) is 17.6. The third kappa shape index (κ3) is 68.6. The van der Waals surface area contributed by atoms with Gasteiger partial charge in [0.1, 0.15) is 19.3 Å². The van der Waals surface area contributed by atoms with Crippen molar-refractivity contribution in [3.8, 4) is 0 Å². The van der Waals surface area contributed by atoms with Crippen LogP contribution < -0.4 is 0 Å². The topological polar surface area (TPSA) is 237 Å². The van der Waals surface area contributed by atoms with E-state index in [2.05, 4.69) is 27.7 Å². The molecule has 0 heterocycles. The monoisotopic (exact) mass is 1380 g/mol. The summed E-state index contributed by atoms with van der Waals surface area (Å²) in [5.74, 6) is -2.12. The van der Waals surface area contributed by atoms with E-state index in [1.165, 1.54) is 218 Å².